The van der Waals surface area contributed by atoms with E-state index in [1.54, 1.807) is 36.5 Å². The number of carbonyl (C=O) groups is 1. The predicted molar refractivity (Wildman–Crippen MR) is 126 cm³/mol. The highest BCUT2D eigenvalue weighted by Gasteiger charge is 2.26. The Labute approximate surface area is 191 Å². The molecule has 2 aromatic carbocycles. The summed E-state index contributed by atoms with van der Waals surface area (Å²) in [6, 6.07) is 14.9. The molecule has 2 aromatic heterocycles. The smallest absolute Gasteiger partial charge is 0.231 e. The minimum Gasteiger partial charge on any atom is -0.442 e. The fourth-order valence-corrected chi connectivity index (χ4v) is 3.98. The van der Waals surface area contributed by atoms with Crippen molar-refractivity contribution < 1.29 is 13.6 Å². The summed E-state index contributed by atoms with van der Waals surface area (Å²) in [5.74, 6) is 0.724. The third-order valence-electron chi connectivity index (χ3n) is 5.76. The molecule has 3 heterocycles. The molecule has 6 heteroatoms. The lowest BCUT2D eigenvalue weighted by atomic mass is 10.0. The zero-order valence-corrected chi connectivity index (χ0v) is 18.4. The van der Waals surface area contributed by atoms with Crippen molar-refractivity contribution in [2.45, 2.75) is 26.8 Å². The van der Waals surface area contributed by atoms with Gasteiger partial charge in [-0.05, 0) is 60.4 Å². The number of nitrogens with zero attached hydrogens (tertiary/aromatic N) is 3. The lowest BCUT2D eigenvalue weighted by molar-refractivity contribution is -0.117. The van der Waals surface area contributed by atoms with Crippen LogP contribution in [0, 0.1) is 19.7 Å². The molecule has 4 aromatic rings. The van der Waals surface area contributed by atoms with E-state index in [9.17, 15) is 9.18 Å². The zero-order chi connectivity index (χ0) is 22.9. The Morgan fingerprint density at radius 3 is 2.67 bits per heavy atom. The molecule has 1 amide bonds. The number of rotatable bonds is 4. The largest absolute Gasteiger partial charge is 0.442 e. The van der Waals surface area contributed by atoms with Crippen molar-refractivity contribution >= 4 is 23.2 Å². The number of anilines is 1. The number of halogens is 1. The molecule has 0 saturated carbocycles. The minimum absolute atomic E-state index is 0.111. The van der Waals surface area contributed by atoms with Crippen LogP contribution in [0.3, 0.4) is 0 Å². The predicted octanol–water partition coefficient (Wildman–Crippen LogP) is 5.97. The number of aryl methyl sites for hydroxylation is 2. The van der Waals surface area contributed by atoms with E-state index in [4.69, 9.17) is 4.42 Å². The van der Waals surface area contributed by atoms with Crippen molar-refractivity contribution in [3.05, 3.63) is 101 Å². The Morgan fingerprint density at radius 1 is 1.06 bits per heavy atom. The van der Waals surface area contributed by atoms with Crippen LogP contribution in [-0.4, -0.2) is 15.9 Å². The van der Waals surface area contributed by atoms with Gasteiger partial charge in [-0.1, -0.05) is 30.3 Å². The van der Waals surface area contributed by atoms with E-state index in [0.29, 0.717) is 22.8 Å². The second kappa shape index (κ2) is 8.47. The van der Waals surface area contributed by atoms with Crippen LogP contribution in [0.25, 0.3) is 22.8 Å². The lowest BCUT2D eigenvalue weighted by Crippen LogP contribution is -2.30. The molecule has 0 bridgehead atoms. The van der Waals surface area contributed by atoms with Gasteiger partial charge in [0.25, 0.3) is 0 Å². The quantitative estimate of drug-likeness (QED) is 0.393. The Balaban J connectivity index is 1.62. The number of pyridine rings is 1. The molecular formula is C27H22FN3O2. The molecule has 0 N–H and O–H groups in total. The number of benzene rings is 2. The average molecular weight is 439 g/mol. The molecule has 5 rings (SSSR count). The second-order valence-electron chi connectivity index (χ2n) is 8.20. The molecule has 0 spiro atoms. The van der Waals surface area contributed by atoms with Gasteiger partial charge in [0.2, 0.25) is 11.8 Å². The van der Waals surface area contributed by atoms with Gasteiger partial charge in [0.1, 0.15) is 11.6 Å². The first-order chi connectivity index (χ1) is 16.0. The number of oxazole rings is 1. The molecule has 0 fully saturated rings. The summed E-state index contributed by atoms with van der Waals surface area (Å²) in [6.07, 6.45) is 7.23. The minimum atomic E-state index is -0.284. The first kappa shape index (κ1) is 20.8. The highest BCUT2D eigenvalue weighted by molar-refractivity contribution is 6.06. The Morgan fingerprint density at radius 2 is 1.94 bits per heavy atom. The average Bonchev–Trinajstić information content (AvgIpc) is 3.20. The van der Waals surface area contributed by atoms with Crippen LogP contribution in [0.4, 0.5) is 10.1 Å². The van der Waals surface area contributed by atoms with Crippen molar-refractivity contribution in [1.29, 1.82) is 0 Å². The first-order valence-electron chi connectivity index (χ1n) is 10.7. The van der Waals surface area contributed by atoms with Gasteiger partial charge in [0.15, 0.2) is 0 Å². The SMILES string of the molecule is Cc1cnc(C2=Cc3ccc(-c4cccnc4)cc3N(Cc3ccc(C)c(F)c3)C(=O)C2)o1. The van der Waals surface area contributed by atoms with Crippen LogP contribution >= 0.6 is 0 Å². The van der Waals surface area contributed by atoms with Crippen LogP contribution in [0.5, 0.6) is 0 Å². The van der Waals surface area contributed by atoms with E-state index in [1.165, 1.54) is 6.07 Å². The van der Waals surface area contributed by atoms with E-state index in [0.717, 1.165) is 27.9 Å². The molecule has 5 nitrogen and oxygen atoms in total. The van der Waals surface area contributed by atoms with Crippen molar-refractivity contribution in [3.63, 3.8) is 0 Å². The summed E-state index contributed by atoms with van der Waals surface area (Å²) < 4.78 is 19.9. The molecular weight excluding hydrogens is 417 g/mol. The maximum absolute atomic E-state index is 14.2. The Bertz CT molecular complexity index is 1380. The van der Waals surface area contributed by atoms with Gasteiger partial charge in [-0.3, -0.25) is 9.78 Å². The van der Waals surface area contributed by atoms with Crippen LogP contribution < -0.4 is 4.90 Å². The van der Waals surface area contributed by atoms with Crippen LogP contribution in [0.2, 0.25) is 0 Å². The second-order valence-corrected chi connectivity index (χ2v) is 8.20. The first-order valence-corrected chi connectivity index (χ1v) is 10.7. The molecule has 164 valence electrons. The lowest BCUT2D eigenvalue weighted by Gasteiger charge is -2.24. The number of fused-ring (bicyclic) bond motifs is 1. The number of hydrogen-bond acceptors (Lipinski definition) is 4. The molecule has 1 aliphatic rings. The number of amides is 1. The Kier molecular flexibility index (Phi) is 5.34. The fourth-order valence-electron chi connectivity index (χ4n) is 3.98. The third kappa shape index (κ3) is 4.20. The maximum Gasteiger partial charge on any atom is 0.231 e. The topological polar surface area (TPSA) is 59.2 Å². The Hall–Kier alpha value is -4.06. The van der Waals surface area contributed by atoms with E-state index >= 15 is 0 Å². The standard InChI is InChI=1S/C27H22FN3O2/c1-17-5-6-19(10-24(17)28)16-31-25-12-20(22-4-3-9-29-15-22)7-8-21(25)11-23(13-26(31)32)27-30-14-18(2)33-27/h3-12,14-15H,13,16H2,1-2H3. The number of carbonyl (C=O) groups excluding carboxylic acids is 1. The van der Waals surface area contributed by atoms with E-state index < -0.39 is 0 Å². The van der Waals surface area contributed by atoms with Gasteiger partial charge < -0.3 is 9.32 Å². The van der Waals surface area contributed by atoms with E-state index in [2.05, 4.69) is 9.97 Å². The molecule has 0 unspecified atom stereocenters. The number of hydrogen-bond donors (Lipinski definition) is 0. The van der Waals surface area contributed by atoms with Crippen molar-refractivity contribution in [2.75, 3.05) is 4.90 Å². The van der Waals surface area contributed by atoms with E-state index in [1.807, 2.05) is 49.4 Å². The van der Waals surface area contributed by atoms with Crippen molar-refractivity contribution in [1.82, 2.24) is 9.97 Å². The monoisotopic (exact) mass is 439 g/mol. The summed E-state index contributed by atoms with van der Waals surface area (Å²) >= 11 is 0. The van der Waals surface area contributed by atoms with Crippen LogP contribution in [0.15, 0.2) is 71.5 Å². The van der Waals surface area contributed by atoms with Crippen molar-refractivity contribution in [3.8, 4) is 11.1 Å². The van der Waals surface area contributed by atoms with Gasteiger partial charge in [0.05, 0.1) is 24.8 Å². The summed E-state index contributed by atoms with van der Waals surface area (Å²) in [7, 11) is 0. The fraction of sp³-hybridized carbons (Fsp3) is 0.148. The van der Waals surface area contributed by atoms with Gasteiger partial charge in [-0.25, -0.2) is 9.37 Å². The van der Waals surface area contributed by atoms with E-state index in [-0.39, 0.29) is 24.7 Å². The van der Waals surface area contributed by atoms with Crippen molar-refractivity contribution in [2.24, 2.45) is 0 Å². The molecule has 1 aliphatic heterocycles. The number of aromatic nitrogens is 2. The normalized spacial score (nSPS) is 13.5. The molecule has 0 saturated heterocycles. The van der Waals surface area contributed by atoms with Gasteiger partial charge >= 0.3 is 0 Å². The summed E-state index contributed by atoms with van der Waals surface area (Å²) in [4.78, 5) is 23.7. The molecule has 33 heavy (non-hydrogen) atoms. The highest BCUT2D eigenvalue weighted by atomic mass is 19.1. The summed E-state index contributed by atoms with van der Waals surface area (Å²) in [6.45, 7) is 3.80. The third-order valence-corrected chi connectivity index (χ3v) is 5.76. The molecule has 0 radical (unpaired) electrons. The van der Waals surface area contributed by atoms with Crippen LogP contribution in [0.1, 0.15) is 34.8 Å². The van der Waals surface area contributed by atoms with Gasteiger partial charge in [0, 0.05) is 23.5 Å². The zero-order valence-electron chi connectivity index (χ0n) is 18.4. The molecule has 0 aliphatic carbocycles. The van der Waals surface area contributed by atoms with Gasteiger partial charge in [-0.2, -0.15) is 0 Å². The summed E-state index contributed by atoms with van der Waals surface area (Å²) in [5, 5.41) is 0. The highest BCUT2D eigenvalue weighted by Crippen LogP contribution is 2.36. The summed E-state index contributed by atoms with van der Waals surface area (Å²) in [5.41, 5.74) is 5.51. The van der Waals surface area contributed by atoms with Crippen LogP contribution in [-0.2, 0) is 11.3 Å². The van der Waals surface area contributed by atoms with Gasteiger partial charge in [-0.15, -0.1) is 0 Å². The molecule has 0 atom stereocenters. The maximum atomic E-state index is 14.2.